The number of carbonyl (C=O) groups is 1. The monoisotopic (exact) mass is 504 g/mol. The molecule has 0 bridgehead atoms. The van der Waals surface area contributed by atoms with Gasteiger partial charge in [0.05, 0.1) is 18.8 Å². The number of ether oxygens (including phenoxy) is 1. The highest BCUT2D eigenvalue weighted by Crippen LogP contribution is 2.58. The topological polar surface area (TPSA) is 95.8 Å². The van der Waals surface area contributed by atoms with Crippen LogP contribution in [-0.2, 0) is 10.2 Å². The first-order valence-corrected chi connectivity index (χ1v) is 13.2. The molecule has 1 unspecified atom stereocenters. The summed E-state index contributed by atoms with van der Waals surface area (Å²) in [5, 5.41) is 14.4. The summed E-state index contributed by atoms with van der Waals surface area (Å²) in [5.74, 6) is 0.350. The molecule has 196 valence electrons. The van der Waals surface area contributed by atoms with Gasteiger partial charge in [0.25, 0.3) is 5.91 Å². The molecule has 2 aliphatic carbocycles. The number of benzene rings is 1. The highest BCUT2D eigenvalue weighted by Gasteiger charge is 2.49. The standard InChI is InChI=1S/C28H36N6O3/c1-32(2)22-7-9-28(10-11-28)20-14-18(5-6-19(20)22)34-23(26(36)33(3)4)13-17-15-29-27(31-25(17)34)30-21-8-12-37-16-24(21)35/h5-6,13-15,21-22,24,35H,7-12,16H2,1-4H3,(H,29,30,31)/t21-,22?,24-/m1/s1. The number of rotatable bonds is 5. The van der Waals surface area contributed by atoms with Gasteiger partial charge in [0.2, 0.25) is 5.95 Å². The van der Waals surface area contributed by atoms with Gasteiger partial charge in [0.15, 0.2) is 5.65 Å². The summed E-state index contributed by atoms with van der Waals surface area (Å²) in [5.41, 5.74) is 5.27. The average Bonchev–Trinajstić information content (AvgIpc) is 3.56. The van der Waals surface area contributed by atoms with Crippen molar-refractivity contribution in [3.63, 3.8) is 0 Å². The fourth-order valence-electron chi connectivity index (χ4n) is 6.11. The molecule has 1 spiro atoms. The molecule has 9 nitrogen and oxygen atoms in total. The highest BCUT2D eigenvalue weighted by molar-refractivity contribution is 5.99. The lowest BCUT2D eigenvalue weighted by Crippen LogP contribution is -2.42. The molecule has 2 N–H and O–H groups in total. The number of nitrogens with zero attached hydrogens (tertiary/aromatic N) is 5. The number of fused-ring (bicyclic) bond motifs is 3. The van der Waals surface area contributed by atoms with Gasteiger partial charge >= 0.3 is 0 Å². The number of nitrogens with one attached hydrogen (secondary N) is 1. The summed E-state index contributed by atoms with van der Waals surface area (Å²) >= 11 is 0. The largest absolute Gasteiger partial charge is 0.389 e. The number of carbonyl (C=O) groups excluding carboxylic acids is 1. The first-order chi connectivity index (χ1) is 17.8. The summed E-state index contributed by atoms with van der Waals surface area (Å²) in [6, 6.07) is 8.77. The average molecular weight is 505 g/mol. The van der Waals surface area contributed by atoms with Gasteiger partial charge in [-0.25, -0.2) is 4.98 Å². The van der Waals surface area contributed by atoms with Crippen LogP contribution in [0.15, 0.2) is 30.5 Å². The molecule has 2 aromatic heterocycles. The van der Waals surface area contributed by atoms with Gasteiger partial charge in [0.1, 0.15) is 5.69 Å². The Kier molecular flexibility index (Phi) is 5.97. The fraction of sp³-hybridized carbons (Fsp3) is 0.536. The molecule has 0 radical (unpaired) electrons. The van der Waals surface area contributed by atoms with Gasteiger partial charge in [-0.05, 0) is 80.9 Å². The minimum Gasteiger partial charge on any atom is -0.389 e. The van der Waals surface area contributed by atoms with E-state index in [1.165, 1.54) is 36.8 Å². The lowest BCUT2D eigenvalue weighted by atomic mass is 9.77. The third kappa shape index (κ3) is 4.19. The van der Waals surface area contributed by atoms with Crippen molar-refractivity contribution in [2.24, 2.45) is 0 Å². The Morgan fingerprint density at radius 1 is 1.16 bits per heavy atom. The molecule has 9 heteroatoms. The van der Waals surface area contributed by atoms with E-state index in [0.29, 0.717) is 43.0 Å². The molecule has 6 rings (SSSR count). The Balaban J connectivity index is 1.48. The van der Waals surface area contributed by atoms with Crippen molar-refractivity contribution in [3.05, 3.63) is 47.3 Å². The van der Waals surface area contributed by atoms with E-state index in [0.717, 1.165) is 11.1 Å². The summed E-state index contributed by atoms with van der Waals surface area (Å²) in [6.07, 6.45) is 6.64. The van der Waals surface area contributed by atoms with Crippen LogP contribution in [0.25, 0.3) is 16.7 Å². The molecular weight excluding hydrogens is 468 g/mol. The second-order valence-corrected chi connectivity index (χ2v) is 11.3. The quantitative estimate of drug-likeness (QED) is 0.551. The normalized spacial score (nSPS) is 24.3. The zero-order valence-corrected chi connectivity index (χ0v) is 22.1. The SMILES string of the molecule is CN(C)C(=O)c1cc2cnc(N[C@@H]3CCOC[C@H]3O)nc2n1-c1ccc2c(c1)C1(CCC2N(C)C)CC1. The maximum atomic E-state index is 13.3. The maximum Gasteiger partial charge on any atom is 0.270 e. The van der Waals surface area contributed by atoms with E-state index in [1.54, 1.807) is 25.2 Å². The van der Waals surface area contributed by atoms with Gasteiger partial charge in [-0.2, -0.15) is 4.98 Å². The molecule has 1 amide bonds. The molecule has 1 saturated heterocycles. The predicted molar refractivity (Wildman–Crippen MR) is 142 cm³/mol. The third-order valence-corrected chi connectivity index (χ3v) is 8.41. The van der Waals surface area contributed by atoms with Crippen LogP contribution in [0.5, 0.6) is 0 Å². The third-order valence-electron chi connectivity index (χ3n) is 8.41. The molecule has 1 aromatic carbocycles. The Morgan fingerprint density at radius 2 is 1.97 bits per heavy atom. The van der Waals surface area contributed by atoms with Crippen LogP contribution >= 0.6 is 0 Å². The molecule has 37 heavy (non-hydrogen) atoms. The van der Waals surface area contributed by atoms with E-state index in [9.17, 15) is 9.90 Å². The minimum absolute atomic E-state index is 0.0858. The zero-order chi connectivity index (χ0) is 25.9. The zero-order valence-electron chi connectivity index (χ0n) is 22.1. The first kappa shape index (κ1) is 24.3. The van der Waals surface area contributed by atoms with Crippen LogP contribution in [0.2, 0.25) is 0 Å². The van der Waals surface area contributed by atoms with E-state index >= 15 is 0 Å². The molecule has 1 saturated carbocycles. The van der Waals surface area contributed by atoms with Crippen molar-refractivity contribution in [2.45, 2.75) is 55.7 Å². The second-order valence-electron chi connectivity index (χ2n) is 11.3. The van der Waals surface area contributed by atoms with Crippen LogP contribution in [-0.4, -0.2) is 88.9 Å². The summed E-state index contributed by atoms with van der Waals surface area (Å²) in [4.78, 5) is 26.6. The number of aromatic nitrogens is 3. The van der Waals surface area contributed by atoms with Crippen LogP contribution < -0.4 is 5.32 Å². The van der Waals surface area contributed by atoms with Crippen molar-refractivity contribution in [3.8, 4) is 5.69 Å². The molecule has 1 aliphatic heterocycles. The highest BCUT2D eigenvalue weighted by atomic mass is 16.5. The van der Waals surface area contributed by atoms with E-state index in [1.807, 2.05) is 10.6 Å². The summed E-state index contributed by atoms with van der Waals surface area (Å²) in [6.45, 7) is 0.877. The van der Waals surface area contributed by atoms with E-state index in [-0.39, 0.29) is 17.4 Å². The number of hydrogen-bond acceptors (Lipinski definition) is 7. The molecule has 3 atom stereocenters. The van der Waals surface area contributed by atoms with Crippen molar-refractivity contribution >= 4 is 22.9 Å². The number of amides is 1. The van der Waals surface area contributed by atoms with Crippen molar-refractivity contribution in [1.29, 1.82) is 0 Å². The maximum absolute atomic E-state index is 13.3. The molecular formula is C28H36N6O3. The van der Waals surface area contributed by atoms with Crippen molar-refractivity contribution < 1.29 is 14.6 Å². The Labute approximate surface area is 217 Å². The van der Waals surface area contributed by atoms with E-state index < -0.39 is 6.10 Å². The van der Waals surface area contributed by atoms with E-state index in [2.05, 4.69) is 47.5 Å². The Bertz CT molecular complexity index is 1350. The molecule has 3 aromatic rings. The summed E-state index contributed by atoms with van der Waals surface area (Å²) in [7, 11) is 7.84. The van der Waals surface area contributed by atoms with Crippen LogP contribution in [0.1, 0.15) is 59.8 Å². The Hall–Kier alpha value is -3.01. The lowest BCUT2D eigenvalue weighted by Gasteiger charge is -2.36. The first-order valence-electron chi connectivity index (χ1n) is 13.2. The molecule has 3 aliphatic rings. The van der Waals surface area contributed by atoms with Gasteiger partial charge in [-0.1, -0.05) is 6.07 Å². The second kappa shape index (κ2) is 9.08. The smallest absolute Gasteiger partial charge is 0.270 e. The summed E-state index contributed by atoms with van der Waals surface area (Å²) < 4.78 is 7.33. The van der Waals surface area contributed by atoms with Gasteiger partial charge in [0, 0.05) is 44.0 Å². The Morgan fingerprint density at radius 3 is 2.68 bits per heavy atom. The number of aliphatic hydroxyl groups excluding tert-OH is 1. The van der Waals surface area contributed by atoms with Crippen LogP contribution in [0.4, 0.5) is 5.95 Å². The predicted octanol–water partition coefficient (Wildman–Crippen LogP) is 3.11. The van der Waals surface area contributed by atoms with Gasteiger partial charge < -0.3 is 25.0 Å². The number of anilines is 1. The van der Waals surface area contributed by atoms with Crippen molar-refractivity contribution in [1.82, 2.24) is 24.3 Å². The van der Waals surface area contributed by atoms with Crippen LogP contribution in [0, 0.1) is 0 Å². The van der Waals surface area contributed by atoms with Gasteiger partial charge in [-0.15, -0.1) is 0 Å². The van der Waals surface area contributed by atoms with E-state index in [4.69, 9.17) is 9.72 Å². The minimum atomic E-state index is -0.620. The molecule has 3 heterocycles. The van der Waals surface area contributed by atoms with Gasteiger partial charge in [-0.3, -0.25) is 9.36 Å². The van der Waals surface area contributed by atoms with Crippen LogP contribution in [0.3, 0.4) is 0 Å². The number of hydrogen-bond donors (Lipinski definition) is 2. The molecule has 2 fully saturated rings. The number of aliphatic hydroxyl groups is 1. The van der Waals surface area contributed by atoms with Crippen molar-refractivity contribution in [2.75, 3.05) is 46.7 Å². The lowest BCUT2D eigenvalue weighted by molar-refractivity contribution is -0.0136. The fourth-order valence-corrected chi connectivity index (χ4v) is 6.11.